The van der Waals surface area contributed by atoms with Crippen molar-refractivity contribution in [3.8, 4) is 0 Å². The number of benzene rings is 1. The SMILES string of the molecule is O=C1CCCC(=O)N1c1ccc(NC(=S)NCC2CCCO2)cc1. The van der Waals surface area contributed by atoms with E-state index in [1.807, 2.05) is 12.1 Å². The minimum absolute atomic E-state index is 0.138. The molecule has 0 radical (unpaired) electrons. The molecule has 2 amide bonds. The molecule has 2 fully saturated rings. The lowest BCUT2D eigenvalue weighted by molar-refractivity contribution is -0.129. The third kappa shape index (κ3) is 4.10. The smallest absolute Gasteiger partial charge is 0.233 e. The summed E-state index contributed by atoms with van der Waals surface area (Å²) in [5.74, 6) is -0.276. The third-order valence-corrected chi connectivity index (χ3v) is 4.42. The Bertz CT molecular complexity index is 610. The number of hydrogen-bond donors (Lipinski definition) is 2. The van der Waals surface area contributed by atoms with E-state index < -0.39 is 0 Å². The normalized spacial score (nSPS) is 21.0. The predicted molar refractivity (Wildman–Crippen MR) is 96.0 cm³/mol. The Hall–Kier alpha value is -1.99. The van der Waals surface area contributed by atoms with Crippen LogP contribution in [-0.4, -0.2) is 36.2 Å². The summed E-state index contributed by atoms with van der Waals surface area (Å²) < 4.78 is 5.54. The molecule has 1 unspecified atom stereocenters. The van der Waals surface area contributed by atoms with E-state index in [0.29, 0.717) is 36.6 Å². The van der Waals surface area contributed by atoms with Gasteiger partial charge in [-0.15, -0.1) is 0 Å². The highest BCUT2D eigenvalue weighted by atomic mass is 32.1. The lowest BCUT2D eigenvalue weighted by atomic mass is 10.1. The first-order chi connectivity index (χ1) is 11.6. The quantitative estimate of drug-likeness (QED) is 0.643. The number of carbonyl (C=O) groups excluding carboxylic acids is 2. The average molecular weight is 347 g/mol. The average Bonchev–Trinajstić information content (AvgIpc) is 3.08. The number of thiocarbonyl (C=S) groups is 1. The molecule has 7 heteroatoms. The van der Waals surface area contributed by atoms with Crippen LogP contribution in [0.3, 0.4) is 0 Å². The van der Waals surface area contributed by atoms with Gasteiger partial charge in [-0.1, -0.05) is 0 Å². The van der Waals surface area contributed by atoms with Crippen LogP contribution >= 0.6 is 12.2 Å². The van der Waals surface area contributed by atoms with Crippen molar-refractivity contribution in [2.75, 3.05) is 23.4 Å². The van der Waals surface area contributed by atoms with Crippen molar-refractivity contribution < 1.29 is 14.3 Å². The molecule has 1 atom stereocenters. The lowest BCUT2D eigenvalue weighted by Crippen LogP contribution is -2.40. The molecule has 6 nitrogen and oxygen atoms in total. The van der Waals surface area contributed by atoms with Gasteiger partial charge in [0.2, 0.25) is 11.8 Å². The Morgan fingerprint density at radius 2 is 1.88 bits per heavy atom. The summed E-state index contributed by atoms with van der Waals surface area (Å²) in [6.45, 7) is 1.52. The predicted octanol–water partition coefficient (Wildman–Crippen LogP) is 2.20. The van der Waals surface area contributed by atoms with Crippen molar-refractivity contribution in [3.05, 3.63) is 24.3 Å². The molecule has 2 N–H and O–H groups in total. The molecule has 0 aromatic heterocycles. The van der Waals surface area contributed by atoms with Crippen LogP contribution in [-0.2, 0) is 14.3 Å². The Labute approximate surface area is 146 Å². The van der Waals surface area contributed by atoms with Crippen LogP contribution in [0.5, 0.6) is 0 Å². The number of piperidine rings is 1. The summed E-state index contributed by atoms with van der Waals surface area (Å²) in [5, 5.41) is 6.77. The van der Waals surface area contributed by atoms with Crippen LogP contribution in [0.4, 0.5) is 11.4 Å². The molecular weight excluding hydrogens is 326 g/mol. The molecular formula is C17H21N3O3S. The first-order valence-electron chi connectivity index (χ1n) is 8.26. The number of carbonyl (C=O) groups is 2. The number of rotatable bonds is 4. The number of anilines is 2. The molecule has 24 heavy (non-hydrogen) atoms. The molecule has 2 saturated heterocycles. The number of imide groups is 1. The van der Waals surface area contributed by atoms with Gasteiger partial charge >= 0.3 is 0 Å². The molecule has 0 saturated carbocycles. The Morgan fingerprint density at radius 3 is 2.50 bits per heavy atom. The molecule has 1 aromatic carbocycles. The maximum Gasteiger partial charge on any atom is 0.233 e. The Balaban J connectivity index is 1.54. The van der Waals surface area contributed by atoms with E-state index in [0.717, 1.165) is 25.1 Å². The maximum absolute atomic E-state index is 11.9. The van der Waals surface area contributed by atoms with Gasteiger partial charge in [-0.2, -0.15) is 0 Å². The zero-order valence-corrected chi connectivity index (χ0v) is 14.2. The van der Waals surface area contributed by atoms with Crippen LogP contribution in [0.25, 0.3) is 0 Å². The minimum atomic E-state index is -0.138. The van der Waals surface area contributed by atoms with Crippen molar-refractivity contribution >= 4 is 40.5 Å². The van der Waals surface area contributed by atoms with Gasteiger partial charge in [0.1, 0.15) is 0 Å². The second kappa shape index (κ2) is 7.72. The van der Waals surface area contributed by atoms with E-state index >= 15 is 0 Å². The zero-order valence-electron chi connectivity index (χ0n) is 13.4. The van der Waals surface area contributed by atoms with Crippen molar-refractivity contribution in [1.82, 2.24) is 5.32 Å². The fraction of sp³-hybridized carbons (Fsp3) is 0.471. The monoisotopic (exact) mass is 347 g/mol. The van der Waals surface area contributed by atoms with E-state index in [9.17, 15) is 9.59 Å². The Morgan fingerprint density at radius 1 is 1.17 bits per heavy atom. The van der Waals surface area contributed by atoms with Crippen molar-refractivity contribution in [1.29, 1.82) is 0 Å². The summed E-state index contributed by atoms with van der Waals surface area (Å²) in [4.78, 5) is 25.1. The highest BCUT2D eigenvalue weighted by Crippen LogP contribution is 2.23. The standard InChI is InChI=1S/C17H21N3O3S/c21-15-4-1-5-16(22)20(15)13-8-6-12(7-9-13)19-17(24)18-11-14-3-2-10-23-14/h6-9,14H,1-5,10-11H2,(H2,18,19,24). The van der Waals surface area contributed by atoms with Gasteiger partial charge in [0.15, 0.2) is 5.11 Å². The van der Waals surface area contributed by atoms with Crippen LogP contribution in [0, 0.1) is 0 Å². The second-order valence-corrected chi connectivity index (χ2v) is 6.40. The van der Waals surface area contributed by atoms with Gasteiger partial charge in [0, 0.05) is 31.7 Å². The fourth-order valence-corrected chi connectivity index (χ4v) is 3.12. The van der Waals surface area contributed by atoms with Gasteiger partial charge in [-0.25, -0.2) is 0 Å². The van der Waals surface area contributed by atoms with Gasteiger partial charge in [-0.05, 0) is 55.7 Å². The summed E-state index contributed by atoms with van der Waals surface area (Å²) in [7, 11) is 0. The first kappa shape index (κ1) is 16.9. The number of nitrogens with zero attached hydrogens (tertiary/aromatic N) is 1. The molecule has 128 valence electrons. The molecule has 2 heterocycles. The highest BCUT2D eigenvalue weighted by molar-refractivity contribution is 7.80. The topological polar surface area (TPSA) is 70.7 Å². The second-order valence-electron chi connectivity index (χ2n) is 5.99. The molecule has 3 rings (SSSR count). The summed E-state index contributed by atoms with van der Waals surface area (Å²) in [6, 6.07) is 7.13. The summed E-state index contributed by atoms with van der Waals surface area (Å²) >= 11 is 5.27. The van der Waals surface area contributed by atoms with Crippen LogP contribution in [0.15, 0.2) is 24.3 Å². The zero-order chi connectivity index (χ0) is 16.9. The molecule has 2 aliphatic heterocycles. The number of ether oxygens (including phenoxy) is 1. The maximum atomic E-state index is 11.9. The highest BCUT2D eigenvalue weighted by Gasteiger charge is 2.27. The van der Waals surface area contributed by atoms with Gasteiger partial charge in [-0.3, -0.25) is 14.5 Å². The van der Waals surface area contributed by atoms with E-state index in [-0.39, 0.29) is 17.9 Å². The first-order valence-corrected chi connectivity index (χ1v) is 8.66. The molecule has 0 bridgehead atoms. The summed E-state index contributed by atoms with van der Waals surface area (Å²) in [6.07, 6.45) is 3.86. The van der Waals surface area contributed by atoms with Gasteiger partial charge < -0.3 is 15.4 Å². The lowest BCUT2D eigenvalue weighted by Gasteiger charge is -2.25. The van der Waals surface area contributed by atoms with Gasteiger partial charge in [0.05, 0.1) is 11.8 Å². The minimum Gasteiger partial charge on any atom is -0.376 e. The number of hydrogen-bond acceptors (Lipinski definition) is 4. The van der Waals surface area contributed by atoms with Crippen molar-refractivity contribution in [3.63, 3.8) is 0 Å². The largest absolute Gasteiger partial charge is 0.376 e. The van der Waals surface area contributed by atoms with Crippen LogP contribution in [0.2, 0.25) is 0 Å². The summed E-state index contributed by atoms with van der Waals surface area (Å²) in [5.41, 5.74) is 1.41. The molecule has 2 aliphatic rings. The number of amides is 2. The Kier molecular flexibility index (Phi) is 5.42. The van der Waals surface area contributed by atoms with E-state index in [1.165, 1.54) is 4.90 Å². The van der Waals surface area contributed by atoms with Crippen molar-refractivity contribution in [2.45, 2.75) is 38.2 Å². The fourth-order valence-electron chi connectivity index (χ4n) is 2.92. The van der Waals surface area contributed by atoms with Crippen LogP contribution < -0.4 is 15.5 Å². The van der Waals surface area contributed by atoms with Crippen LogP contribution in [0.1, 0.15) is 32.1 Å². The molecule has 0 spiro atoms. The molecule has 1 aromatic rings. The van der Waals surface area contributed by atoms with Gasteiger partial charge in [0.25, 0.3) is 0 Å². The van der Waals surface area contributed by atoms with Crippen molar-refractivity contribution in [2.24, 2.45) is 0 Å². The third-order valence-electron chi connectivity index (χ3n) is 4.18. The number of nitrogens with one attached hydrogen (secondary N) is 2. The van der Waals surface area contributed by atoms with E-state index in [1.54, 1.807) is 12.1 Å². The van der Waals surface area contributed by atoms with E-state index in [2.05, 4.69) is 10.6 Å². The molecule has 0 aliphatic carbocycles. The van der Waals surface area contributed by atoms with E-state index in [4.69, 9.17) is 17.0 Å².